The SMILES string of the molecule is CC(C)C[C@H](NC(=O)OC[C@@H]1CCC(=O)N1)C(=O)N[C@H](CO)C[C@@H]1CCNC1=O. The van der Waals surface area contributed by atoms with E-state index in [1.165, 1.54) is 0 Å². The summed E-state index contributed by atoms with van der Waals surface area (Å²) in [6, 6.07) is -1.60. The Morgan fingerprint density at radius 3 is 2.55 bits per heavy atom. The average Bonchev–Trinajstić information content (AvgIpc) is 3.26. The summed E-state index contributed by atoms with van der Waals surface area (Å²) in [4.78, 5) is 47.7. The quantitative estimate of drug-likeness (QED) is 0.324. The van der Waals surface area contributed by atoms with Gasteiger partial charge in [0.05, 0.1) is 18.7 Å². The van der Waals surface area contributed by atoms with E-state index in [0.29, 0.717) is 38.6 Å². The Bertz CT molecular complexity index is 612. The zero-order valence-corrected chi connectivity index (χ0v) is 17.0. The summed E-state index contributed by atoms with van der Waals surface area (Å²) < 4.78 is 5.14. The lowest BCUT2D eigenvalue weighted by atomic mass is 9.97. The van der Waals surface area contributed by atoms with Crippen molar-refractivity contribution in [3.8, 4) is 0 Å². The van der Waals surface area contributed by atoms with E-state index in [0.717, 1.165) is 0 Å². The van der Waals surface area contributed by atoms with Crippen LogP contribution in [0, 0.1) is 11.8 Å². The first kappa shape index (κ1) is 22.9. The molecule has 0 aromatic carbocycles. The second kappa shape index (κ2) is 11.0. The van der Waals surface area contributed by atoms with E-state index in [4.69, 9.17) is 4.74 Å². The molecule has 2 saturated heterocycles. The number of hydrogen-bond donors (Lipinski definition) is 5. The molecule has 2 aliphatic heterocycles. The Balaban J connectivity index is 1.85. The molecule has 4 amide bonds. The van der Waals surface area contributed by atoms with Crippen molar-refractivity contribution in [1.29, 1.82) is 0 Å². The van der Waals surface area contributed by atoms with Gasteiger partial charge < -0.3 is 31.1 Å². The average molecular weight is 412 g/mol. The third-order valence-corrected chi connectivity index (χ3v) is 5.11. The van der Waals surface area contributed by atoms with Crippen LogP contribution in [0.25, 0.3) is 0 Å². The van der Waals surface area contributed by atoms with E-state index < -0.39 is 24.1 Å². The van der Waals surface area contributed by atoms with Crippen molar-refractivity contribution in [2.45, 2.75) is 64.1 Å². The fraction of sp³-hybridized carbons (Fsp3) is 0.789. The van der Waals surface area contributed by atoms with Crippen molar-refractivity contribution in [3.05, 3.63) is 0 Å². The van der Waals surface area contributed by atoms with Gasteiger partial charge in [-0.2, -0.15) is 0 Å². The number of aliphatic hydroxyl groups excluding tert-OH is 1. The minimum absolute atomic E-state index is 0.0453. The summed E-state index contributed by atoms with van der Waals surface area (Å²) in [6.07, 6.45) is 1.69. The van der Waals surface area contributed by atoms with E-state index >= 15 is 0 Å². The second-order valence-corrected chi connectivity index (χ2v) is 8.13. The van der Waals surface area contributed by atoms with Gasteiger partial charge in [-0.1, -0.05) is 13.8 Å². The van der Waals surface area contributed by atoms with Crippen molar-refractivity contribution < 1.29 is 29.0 Å². The molecule has 164 valence electrons. The van der Waals surface area contributed by atoms with Gasteiger partial charge in [0.2, 0.25) is 17.7 Å². The molecule has 29 heavy (non-hydrogen) atoms. The Hall–Kier alpha value is -2.36. The monoisotopic (exact) mass is 412 g/mol. The van der Waals surface area contributed by atoms with Crippen molar-refractivity contribution >= 4 is 23.8 Å². The van der Waals surface area contributed by atoms with Gasteiger partial charge in [-0.25, -0.2) is 4.79 Å². The summed E-state index contributed by atoms with van der Waals surface area (Å²) in [5, 5.41) is 20.3. The number of amides is 4. The molecule has 2 aliphatic rings. The minimum atomic E-state index is -0.827. The van der Waals surface area contributed by atoms with E-state index in [2.05, 4.69) is 21.3 Å². The van der Waals surface area contributed by atoms with Crippen LogP contribution in [-0.4, -0.2) is 66.8 Å². The Morgan fingerprint density at radius 1 is 1.24 bits per heavy atom. The largest absolute Gasteiger partial charge is 0.447 e. The smallest absolute Gasteiger partial charge is 0.407 e. The number of carbonyl (C=O) groups excluding carboxylic acids is 4. The van der Waals surface area contributed by atoms with Crippen molar-refractivity contribution in [1.82, 2.24) is 21.3 Å². The molecule has 0 saturated carbocycles. The zero-order valence-electron chi connectivity index (χ0n) is 17.0. The van der Waals surface area contributed by atoms with Crippen molar-refractivity contribution in [3.63, 3.8) is 0 Å². The van der Waals surface area contributed by atoms with Crippen molar-refractivity contribution in [2.24, 2.45) is 11.8 Å². The van der Waals surface area contributed by atoms with E-state index in [-0.39, 0.29) is 42.9 Å². The highest BCUT2D eigenvalue weighted by molar-refractivity contribution is 5.86. The van der Waals surface area contributed by atoms with Crippen LogP contribution in [0.4, 0.5) is 4.79 Å². The first-order valence-electron chi connectivity index (χ1n) is 10.2. The molecule has 0 bridgehead atoms. The van der Waals surface area contributed by atoms with E-state index in [1.807, 2.05) is 13.8 Å². The lowest BCUT2D eigenvalue weighted by Gasteiger charge is -2.24. The fourth-order valence-corrected chi connectivity index (χ4v) is 3.56. The summed E-state index contributed by atoms with van der Waals surface area (Å²) in [7, 11) is 0. The number of ether oxygens (including phenoxy) is 1. The van der Waals surface area contributed by atoms with Gasteiger partial charge in [-0.3, -0.25) is 14.4 Å². The van der Waals surface area contributed by atoms with Gasteiger partial charge in [-0.15, -0.1) is 0 Å². The molecule has 0 unspecified atom stereocenters. The molecule has 0 aromatic heterocycles. The highest BCUT2D eigenvalue weighted by atomic mass is 16.5. The molecule has 0 aromatic rings. The number of alkyl carbamates (subject to hydrolysis) is 1. The fourth-order valence-electron chi connectivity index (χ4n) is 3.56. The number of rotatable bonds is 10. The summed E-state index contributed by atoms with van der Waals surface area (Å²) in [5.74, 6) is -0.676. The van der Waals surface area contributed by atoms with Crippen LogP contribution in [-0.2, 0) is 19.1 Å². The molecular formula is C19H32N4O6. The summed E-state index contributed by atoms with van der Waals surface area (Å²) in [5.41, 5.74) is 0. The predicted molar refractivity (Wildman–Crippen MR) is 104 cm³/mol. The Kier molecular flexibility index (Phi) is 8.69. The molecule has 2 rings (SSSR count). The number of aliphatic hydroxyl groups is 1. The van der Waals surface area contributed by atoms with Gasteiger partial charge in [0.25, 0.3) is 0 Å². The van der Waals surface area contributed by atoms with Crippen LogP contribution in [0.15, 0.2) is 0 Å². The maximum absolute atomic E-state index is 12.7. The zero-order chi connectivity index (χ0) is 21.4. The minimum Gasteiger partial charge on any atom is -0.447 e. The number of carbonyl (C=O) groups is 4. The third-order valence-electron chi connectivity index (χ3n) is 5.11. The molecule has 2 heterocycles. The van der Waals surface area contributed by atoms with Crippen LogP contribution >= 0.6 is 0 Å². The lowest BCUT2D eigenvalue weighted by molar-refractivity contribution is -0.126. The maximum Gasteiger partial charge on any atom is 0.407 e. The molecule has 10 heteroatoms. The van der Waals surface area contributed by atoms with Crippen LogP contribution in [0.2, 0.25) is 0 Å². The van der Waals surface area contributed by atoms with Crippen LogP contribution in [0.5, 0.6) is 0 Å². The van der Waals surface area contributed by atoms with Crippen LogP contribution in [0.3, 0.4) is 0 Å². The summed E-state index contributed by atoms with van der Waals surface area (Å²) >= 11 is 0. The maximum atomic E-state index is 12.7. The Morgan fingerprint density at radius 2 is 2.00 bits per heavy atom. The van der Waals surface area contributed by atoms with Crippen LogP contribution < -0.4 is 21.3 Å². The van der Waals surface area contributed by atoms with Gasteiger partial charge in [0.15, 0.2) is 0 Å². The van der Waals surface area contributed by atoms with Crippen LogP contribution in [0.1, 0.15) is 46.0 Å². The third kappa shape index (κ3) is 7.52. The molecule has 10 nitrogen and oxygen atoms in total. The summed E-state index contributed by atoms with van der Waals surface area (Å²) in [6.45, 7) is 4.20. The highest BCUT2D eigenvalue weighted by Gasteiger charge is 2.30. The Labute approximate surface area is 170 Å². The first-order valence-corrected chi connectivity index (χ1v) is 10.2. The molecule has 2 fully saturated rings. The van der Waals surface area contributed by atoms with E-state index in [1.54, 1.807) is 0 Å². The molecule has 5 N–H and O–H groups in total. The first-order chi connectivity index (χ1) is 13.8. The molecular weight excluding hydrogens is 380 g/mol. The topological polar surface area (TPSA) is 146 Å². The van der Waals surface area contributed by atoms with Gasteiger partial charge in [0, 0.05) is 18.9 Å². The van der Waals surface area contributed by atoms with Gasteiger partial charge in [0.1, 0.15) is 12.6 Å². The van der Waals surface area contributed by atoms with Gasteiger partial charge in [-0.05, 0) is 31.6 Å². The highest BCUT2D eigenvalue weighted by Crippen LogP contribution is 2.16. The molecule has 4 atom stereocenters. The lowest BCUT2D eigenvalue weighted by Crippen LogP contribution is -2.51. The van der Waals surface area contributed by atoms with E-state index in [9.17, 15) is 24.3 Å². The number of nitrogens with one attached hydrogen (secondary N) is 4. The normalized spacial score (nSPS) is 23.3. The van der Waals surface area contributed by atoms with Gasteiger partial charge >= 0.3 is 6.09 Å². The second-order valence-electron chi connectivity index (χ2n) is 8.13. The standard InChI is InChI=1S/C19H32N4O6/c1-11(2)7-15(23-19(28)29-10-13-3-4-16(25)21-13)18(27)22-14(9-24)8-12-5-6-20-17(12)26/h11-15,24H,3-10H2,1-2H3,(H,20,26)(H,21,25)(H,22,27)(H,23,28)/t12-,13-,14-,15-/m0/s1. The van der Waals surface area contributed by atoms with Crippen molar-refractivity contribution in [2.75, 3.05) is 19.8 Å². The predicted octanol–water partition coefficient (Wildman–Crippen LogP) is -0.591. The molecule has 0 radical (unpaired) electrons. The molecule has 0 aliphatic carbocycles. The number of hydrogen-bond acceptors (Lipinski definition) is 6. The molecule has 0 spiro atoms.